The number of nitrogens with zero attached hydrogens (tertiary/aromatic N) is 1. The lowest BCUT2D eigenvalue weighted by Gasteiger charge is -2.24. The molecule has 2 amide bonds. The quantitative estimate of drug-likeness (QED) is 0.666. The number of carbonyl (C=O) groups is 1. The Bertz CT molecular complexity index is 506. The van der Waals surface area contributed by atoms with Gasteiger partial charge in [0.2, 0.25) is 0 Å². The number of aliphatic hydroxyl groups is 2. The number of hydrogen-bond donors (Lipinski definition) is 3. The molecular formula is C17H28N2O4. The molecule has 3 N–H and O–H groups in total. The van der Waals surface area contributed by atoms with E-state index in [0.717, 1.165) is 16.9 Å². The maximum absolute atomic E-state index is 12.0. The summed E-state index contributed by atoms with van der Waals surface area (Å²) < 4.78 is 5.71. The standard InChI is InChI=1S/C17H28N2O4/c1-13-5-6-15(14(11-13)17(2,3)4)23-12-18-16(22)19(7-9-20)8-10-21/h5-6,11,20-21H,7-10,12H2,1-4H3,(H,18,22). The van der Waals surface area contributed by atoms with E-state index < -0.39 is 0 Å². The largest absolute Gasteiger partial charge is 0.473 e. The van der Waals surface area contributed by atoms with Crippen LogP contribution in [0.2, 0.25) is 0 Å². The fourth-order valence-corrected chi connectivity index (χ4v) is 2.20. The van der Waals surface area contributed by atoms with E-state index >= 15 is 0 Å². The number of hydrogen-bond acceptors (Lipinski definition) is 4. The van der Waals surface area contributed by atoms with E-state index in [9.17, 15) is 4.79 Å². The van der Waals surface area contributed by atoms with E-state index in [4.69, 9.17) is 14.9 Å². The average molecular weight is 324 g/mol. The van der Waals surface area contributed by atoms with Gasteiger partial charge in [0.1, 0.15) is 5.75 Å². The van der Waals surface area contributed by atoms with E-state index in [0.29, 0.717) is 0 Å². The minimum absolute atomic E-state index is 0.0261. The molecule has 0 unspecified atom stereocenters. The third-order valence-corrected chi connectivity index (χ3v) is 3.42. The molecule has 1 aromatic rings. The van der Waals surface area contributed by atoms with Crippen LogP contribution < -0.4 is 10.1 Å². The first-order chi connectivity index (χ1) is 10.8. The van der Waals surface area contributed by atoms with Gasteiger partial charge in [-0.05, 0) is 24.0 Å². The summed E-state index contributed by atoms with van der Waals surface area (Å²) >= 11 is 0. The van der Waals surface area contributed by atoms with Gasteiger partial charge in [-0.15, -0.1) is 0 Å². The zero-order valence-electron chi connectivity index (χ0n) is 14.4. The van der Waals surface area contributed by atoms with Crippen LogP contribution in [0.3, 0.4) is 0 Å². The van der Waals surface area contributed by atoms with Gasteiger partial charge >= 0.3 is 6.03 Å². The molecule has 0 radical (unpaired) electrons. The topological polar surface area (TPSA) is 82.0 Å². The predicted octanol–water partition coefficient (Wildman–Crippen LogP) is 1.63. The third kappa shape index (κ3) is 6.08. The molecule has 6 heteroatoms. The molecule has 0 atom stereocenters. The molecule has 130 valence electrons. The molecule has 0 saturated heterocycles. The van der Waals surface area contributed by atoms with Crippen LogP contribution in [-0.4, -0.2) is 54.2 Å². The van der Waals surface area contributed by atoms with Gasteiger partial charge in [0, 0.05) is 13.1 Å². The van der Waals surface area contributed by atoms with Gasteiger partial charge in [-0.25, -0.2) is 4.79 Å². The molecule has 1 rings (SSSR count). The number of ether oxygens (including phenoxy) is 1. The number of amides is 2. The Morgan fingerprint density at radius 2 is 1.83 bits per heavy atom. The van der Waals surface area contributed by atoms with Crippen molar-refractivity contribution in [2.75, 3.05) is 33.0 Å². The van der Waals surface area contributed by atoms with E-state index in [2.05, 4.69) is 32.2 Å². The van der Waals surface area contributed by atoms with Crippen molar-refractivity contribution in [3.05, 3.63) is 29.3 Å². The second-order valence-corrected chi connectivity index (χ2v) is 6.45. The fourth-order valence-electron chi connectivity index (χ4n) is 2.20. The zero-order chi connectivity index (χ0) is 17.5. The van der Waals surface area contributed by atoms with Crippen molar-refractivity contribution in [1.29, 1.82) is 0 Å². The van der Waals surface area contributed by atoms with E-state index in [1.807, 2.05) is 19.1 Å². The van der Waals surface area contributed by atoms with Crippen LogP contribution in [-0.2, 0) is 5.41 Å². The highest BCUT2D eigenvalue weighted by Crippen LogP contribution is 2.31. The Morgan fingerprint density at radius 1 is 1.22 bits per heavy atom. The Morgan fingerprint density at radius 3 is 2.35 bits per heavy atom. The number of aliphatic hydroxyl groups excluding tert-OH is 2. The van der Waals surface area contributed by atoms with Crippen LogP contribution in [0.1, 0.15) is 31.9 Å². The monoisotopic (exact) mass is 324 g/mol. The number of nitrogens with one attached hydrogen (secondary N) is 1. The van der Waals surface area contributed by atoms with Crippen LogP contribution in [0.4, 0.5) is 4.79 Å². The minimum Gasteiger partial charge on any atom is -0.473 e. The van der Waals surface area contributed by atoms with Crippen LogP contribution in [0.5, 0.6) is 5.75 Å². The summed E-state index contributed by atoms with van der Waals surface area (Å²) in [4.78, 5) is 13.3. The summed E-state index contributed by atoms with van der Waals surface area (Å²) in [5, 5.41) is 20.5. The Kier molecular flexibility index (Phi) is 7.32. The molecule has 0 saturated carbocycles. The molecule has 0 aliphatic rings. The van der Waals surface area contributed by atoms with Gasteiger partial charge in [-0.1, -0.05) is 38.5 Å². The lowest BCUT2D eigenvalue weighted by Crippen LogP contribution is -2.44. The maximum Gasteiger partial charge on any atom is 0.320 e. The molecule has 1 aromatic carbocycles. The second-order valence-electron chi connectivity index (χ2n) is 6.45. The van der Waals surface area contributed by atoms with Gasteiger partial charge in [0.15, 0.2) is 6.73 Å². The number of benzene rings is 1. The van der Waals surface area contributed by atoms with Gasteiger partial charge in [0.25, 0.3) is 0 Å². The summed E-state index contributed by atoms with van der Waals surface area (Å²) in [5.74, 6) is 0.735. The number of carbonyl (C=O) groups excluding carboxylic acids is 1. The van der Waals surface area contributed by atoms with Crippen LogP contribution in [0.25, 0.3) is 0 Å². The van der Waals surface area contributed by atoms with Gasteiger partial charge < -0.3 is 25.2 Å². The van der Waals surface area contributed by atoms with Gasteiger partial charge in [-0.2, -0.15) is 0 Å². The minimum atomic E-state index is -0.377. The highest BCUT2D eigenvalue weighted by atomic mass is 16.5. The van der Waals surface area contributed by atoms with Crippen molar-refractivity contribution in [3.8, 4) is 5.75 Å². The molecule has 0 aromatic heterocycles. The lowest BCUT2D eigenvalue weighted by atomic mass is 9.85. The highest BCUT2D eigenvalue weighted by Gasteiger charge is 2.19. The van der Waals surface area contributed by atoms with Crippen LogP contribution >= 0.6 is 0 Å². The first-order valence-corrected chi connectivity index (χ1v) is 7.78. The van der Waals surface area contributed by atoms with Crippen molar-refractivity contribution in [2.24, 2.45) is 0 Å². The van der Waals surface area contributed by atoms with Crippen molar-refractivity contribution in [3.63, 3.8) is 0 Å². The van der Waals surface area contributed by atoms with E-state index in [-0.39, 0.29) is 44.5 Å². The number of aryl methyl sites for hydroxylation is 1. The average Bonchev–Trinajstić information content (AvgIpc) is 2.47. The summed E-state index contributed by atoms with van der Waals surface area (Å²) in [5.41, 5.74) is 2.17. The fraction of sp³-hybridized carbons (Fsp3) is 0.588. The molecule has 0 heterocycles. The van der Waals surface area contributed by atoms with Gasteiger partial charge in [0.05, 0.1) is 13.2 Å². The smallest absolute Gasteiger partial charge is 0.320 e. The summed E-state index contributed by atoms with van der Waals surface area (Å²) in [6.07, 6.45) is 0. The van der Waals surface area contributed by atoms with Crippen molar-refractivity contribution in [1.82, 2.24) is 10.2 Å². The molecule has 0 aliphatic heterocycles. The summed E-state index contributed by atoms with van der Waals surface area (Å²) in [6.45, 7) is 8.42. The van der Waals surface area contributed by atoms with Crippen molar-refractivity contribution in [2.45, 2.75) is 33.1 Å². The Balaban J connectivity index is 2.67. The predicted molar refractivity (Wildman–Crippen MR) is 89.7 cm³/mol. The molecule has 6 nitrogen and oxygen atoms in total. The highest BCUT2D eigenvalue weighted by molar-refractivity contribution is 5.74. The molecular weight excluding hydrogens is 296 g/mol. The van der Waals surface area contributed by atoms with Crippen molar-refractivity contribution < 1.29 is 19.7 Å². The second kappa shape index (κ2) is 8.74. The lowest BCUT2D eigenvalue weighted by molar-refractivity contribution is 0.151. The van der Waals surface area contributed by atoms with Crippen LogP contribution in [0, 0.1) is 6.92 Å². The van der Waals surface area contributed by atoms with Crippen molar-refractivity contribution >= 4 is 6.03 Å². The Labute approximate surface area is 138 Å². The maximum atomic E-state index is 12.0. The third-order valence-electron chi connectivity index (χ3n) is 3.42. The first-order valence-electron chi connectivity index (χ1n) is 7.78. The molecule has 0 bridgehead atoms. The Hall–Kier alpha value is -1.79. The SMILES string of the molecule is Cc1ccc(OCNC(=O)N(CCO)CCO)c(C(C)(C)C)c1. The number of rotatable bonds is 7. The molecule has 0 fully saturated rings. The molecule has 23 heavy (non-hydrogen) atoms. The molecule has 0 aliphatic carbocycles. The summed E-state index contributed by atoms with van der Waals surface area (Å²) in [6, 6.07) is 5.58. The first kappa shape index (κ1) is 19.3. The zero-order valence-corrected chi connectivity index (χ0v) is 14.4. The normalized spacial score (nSPS) is 11.2. The summed E-state index contributed by atoms with van der Waals surface area (Å²) in [7, 11) is 0. The van der Waals surface area contributed by atoms with E-state index in [1.165, 1.54) is 4.90 Å². The van der Waals surface area contributed by atoms with E-state index in [1.54, 1.807) is 0 Å². The van der Waals surface area contributed by atoms with Crippen LogP contribution in [0.15, 0.2) is 18.2 Å². The number of urea groups is 1. The van der Waals surface area contributed by atoms with Gasteiger partial charge in [-0.3, -0.25) is 0 Å². The molecule has 0 spiro atoms.